The van der Waals surface area contributed by atoms with E-state index in [0.29, 0.717) is 18.3 Å². The van der Waals surface area contributed by atoms with E-state index in [2.05, 4.69) is 0 Å². The van der Waals surface area contributed by atoms with Crippen molar-refractivity contribution in [2.24, 2.45) is 5.92 Å². The van der Waals surface area contributed by atoms with Crippen molar-refractivity contribution in [2.75, 3.05) is 11.5 Å². The second-order valence-corrected chi connectivity index (χ2v) is 8.85. The molecule has 0 aliphatic carbocycles. The number of hydrogen-bond donors (Lipinski definition) is 1. The summed E-state index contributed by atoms with van der Waals surface area (Å²) in [7, 11) is 0. The monoisotopic (exact) mass is 477 g/mol. The molecule has 1 atom stereocenters. The maximum absolute atomic E-state index is 14.9. The van der Waals surface area contributed by atoms with Crippen LogP contribution in [0.15, 0.2) is 72.3 Å². The maximum atomic E-state index is 14.9. The van der Waals surface area contributed by atoms with Crippen LogP contribution in [0.4, 0.5) is 14.5 Å². The van der Waals surface area contributed by atoms with E-state index in [1.807, 2.05) is 13.8 Å². The molecule has 1 N–H and O–H groups in total. The molecule has 7 heteroatoms. The summed E-state index contributed by atoms with van der Waals surface area (Å²) in [6.45, 7) is 6.37. The Labute approximate surface area is 202 Å². The Morgan fingerprint density at radius 1 is 1.03 bits per heavy atom. The van der Waals surface area contributed by atoms with Crippen LogP contribution in [0.1, 0.15) is 36.6 Å². The first kappa shape index (κ1) is 24.1. The molecule has 1 saturated heterocycles. The third-order valence-corrected chi connectivity index (χ3v) is 5.77. The van der Waals surface area contributed by atoms with Crippen LogP contribution >= 0.6 is 0 Å². The van der Waals surface area contributed by atoms with Gasteiger partial charge in [0.05, 0.1) is 18.2 Å². The van der Waals surface area contributed by atoms with Crippen molar-refractivity contribution in [1.82, 2.24) is 0 Å². The normalized spacial score (nSPS) is 17.3. The van der Waals surface area contributed by atoms with Crippen LogP contribution in [-0.2, 0) is 9.59 Å². The minimum absolute atomic E-state index is 0.0335. The Kier molecular flexibility index (Phi) is 6.69. The molecule has 180 valence electrons. The van der Waals surface area contributed by atoms with Crippen molar-refractivity contribution < 1.29 is 28.2 Å². The Bertz CT molecular complexity index is 1310. The van der Waals surface area contributed by atoms with Gasteiger partial charge in [-0.1, -0.05) is 32.0 Å². The fourth-order valence-electron chi connectivity index (χ4n) is 4.06. The Morgan fingerprint density at radius 3 is 2.34 bits per heavy atom. The summed E-state index contributed by atoms with van der Waals surface area (Å²) >= 11 is 0. The molecule has 1 fully saturated rings. The molecule has 0 aromatic heterocycles. The van der Waals surface area contributed by atoms with E-state index >= 15 is 0 Å². The van der Waals surface area contributed by atoms with E-state index in [0.717, 1.165) is 22.6 Å². The number of hydrogen-bond acceptors (Lipinski definition) is 4. The summed E-state index contributed by atoms with van der Waals surface area (Å²) in [6.07, 6.45) is 0. The lowest BCUT2D eigenvalue weighted by atomic mass is 9.94. The lowest BCUT2D eigenvalue weighted by molar-refractivity contribution is -0.132. The number of aryl methyl sites for hydroxylation is 1. The first-order valence-corrected chi connectivity index (χ1v) is 11.2. The van der Waals surface area contributed by atoms with Gasteiger partial charge in [0.2, 0.25) is 0 Å². The van der Waals surface area contributed by atoms with E-state index in [-0.39, 0.29) is 22.4 Å². The molecule has 1 aliphatic heterocycles. The quantitative estimate of drug-likeness (QED) is 0.271. The minimum Gasteiger partial charge on any atom is -0.507 e. The van der Waals surface area contributed by atoms with Gasteiger partial charge in [-0.3, -0.25) is 14.5 Å². The summed E-state index contributed by atoms with van der Waals surface area (Å²) in [5, 5.41) is 11.2. The van der Waals surface area contributed by atoms with Gasteiger partial charge in [-0.15, -0.1) is 0 Å². The number of benzene rings is 3. The summed E-state index contributed by atoms with van der Waals surface area (Å²) in [4.78, 5) is 27.3. The average molecular weight is 478 g/mol. The van der Waals surface area contributed by atoms with Crippen molar-refractivity contribution in [2.45, 2.75) is 26.8 Å². The number of rotatable bonds is 6. The number of ketones is 1. The number of nitrogens with zero attached hydrogens (tertiary/aromatic N) is 1. The van der Waals surface area contributed by atoms with Crippen LogP contribution < -0.4 is 9.64 Å². The molecule has 1 heterocycles. The number of anilines is 1. The number of ether oxygens (including phenoxy) is 1. The summed E-state index contributed by atoms with van der Waals surface area (Å²) < 4.78 is 34.2. The van der Waals surface area contributed by atoms with Gasteiger partial charge in [0, 0.05) is 16.8 Å². The molecule has 1 amide bonds. The molecular formula is C28H25F2NO4. The lowest BCUT2D eigenvalue weighted by Gasteiger charge is -2.25. The fourth-order valence-corrected chi connectivity index (χ4v) is 4.06. The molecule has 5 nitrogen and oxygen atoms in total. The highest BCUT2D eigenvalue weighted by molar-refractivity contribution is 6.51. The molecule has 3 aromatic carbocycles. The zero-order chi connectivity index (χ0) is 25.3. The largest absolute Gasteiger partial charge is 0.507 e. The Balaban J connectivity index is 1.86. The summed E-state index contributed by atoms with van der Waals surface area (Å²) in [5.41, 5.74) is 1.00. The van der Waals surface area contributed by atoms with Crippen LogP contribution in [0.25, 0.3) is 5.76 Å². The number of halogens is 2. The van der Waals surface area contributed by atoms with Crippen molar-refractivity contribution in [3.05, 3.63) is 101 Å². The number of carbonyl (C=O) groups excluding carboxylic acids is 2. The van der Waals surface area contributed by atoms with Gasteiger partial charge in [0.15, 0.2) is 0 Å². The highest BCUT2D eigenvalue weighted by atomic mass is 19.1. The predicted octanol–water partition coefficient (Wildman–Crippen LogP) is 5.93. The predicted molar refractivity (Wildman–Crippen MR) is 129 cm³/mol. The summed E-state index contributed by atoms with van der Waals surface area (Å²) in [5.74, 6) is -2.55. The molecule has 0 saturated carbocycles. The van der Waals surface area contributed by atoms with Crippen LogP contribution in [0, 0.1) is 24.5 Å². The van der Waals surface area contributed by atoms with Crippen LogP contribution in [0.2, 0.25) is 0 Å². The van der Waals surface area contributed by atoms with Crippen molar-refractivity contribution in [3.63, 3.8) is 0 Å². The van der Waals surface area contributed by atoms with Gasteiger partial charge >= 0.3 is 0 Å². The fraction of sp³-hybridized carbons (Fsp3) is 0.214. The number of Topliss-reactive ketones (excluding diaryl/α,β-unsaturated/α-hetero) is 1. The van der Waals surface area contributed by atoms with Gasteiger partial charge < -0.3 is 9.84 Å². The van der Waals surface area contributed by atoms with Crippen LogP contribution in [0.3, 0.4) is 0 Å². The highest BCUT2D eigenvalue weighted by Crippen LogP contribution is 2.43. The third-order valence-electron chi connectivity index (χ3n) is 5.77. The topological polar surface area (TPSA) is 66.8 Å². The first-order valence-electron chi connectivity index (χ1n) is 11.2. The number of aliphatic hydroxyl groups excluding tert-OH is 1. The molecule has 0 bridgehead atoms. The van der Waals surface area contributed by atoms with Gasteiger partial charge in [0.1, 0.15) is 23.1 Å². The second kappa shape index (κ2) is 9.70. The Morgan fingerprint density at radius 2 is 1.71 bits per heavy atom. The van der Waals surface area contributed by atoms with Gasteiger partial charge in [-0.05, 0) is 66.9 Å². The average Bonchev–Trinajstić information content (AvgIpc) is 3.09. The van der Waals surface area contributed by atoms with E-state index in [1.165, 1.54) is 30.3 Å². The molecule has 1 unspecified atom stereocenters. The molecule has 35 heavy (non-hydrogen) atoms. The molecular weight excluding hydrogens is 452 g/mol. The Hall–Kier alpha value is -4.00. The van der Waals surface area contributed by atoms with E-state index < -0.39 is 35.1 Å². The zero-order valence-electron chi connectivity index (χ0n) is 19.6. The van der Waals surface area contributed by atoms with Crippen LogP contribution in [-0.4, -0.2) is 23.4 Å². The summed E-state index contributed by atoms with van der Waals surface area (Å²) in [6, 6.07) is 14.4. The molecule has 4 rings (SSSR count). The first-order chi connectivity index (χ1) is 16.7. The SMILES string of the molecule is Cc1cc(/C(O)=C2\C(=O)C(=O)N(c3ccc(F)cc3)C2c2ccccc2F)ccc1OCC(C)C. The van der Waals surface area contributed by atoms with E-state index in [9.17, 15) is 23.5 Å². The van der Waals surface area contributed by atoms with Crippen molar-refractivity contribution in [3.8, 4) is 5.75 Å². The lowest BCUT2D eigenvalue weighted by Crippen LogP contribution is -2.29. The standard InChI is InChI=1S/C28H25F2NO4/c1-16(2)15-35-23-13-8-18(14-17(23)3)26(32)24-25(21-6-4-5-7-22(21)30)31(28(34)27(24)33)20-11-9-19(29)10-12-20/h4-14,16,25,32H,15H2,1-3H3/b26-24+. The number of amides is 1. The van der Waals surface area contributed by atoms with Gasteiger partial charge in [0.25, 0.3) is 11.7 Å². The number of carbonyl (C=O) groups is 2. The maximum Gasteiger partial charge on any atom is 0.300 e. The van der Waals surface area contributed by atoms with Crippen molar-refractivity contribution in [1.29, 1.82) is 0 Å². The van der Waals surface area contributed by atoms with Crippen LogP contribution in [0.5, 0.6) is 5.75 Å². The van der Waals surface area contributed by atoms with E-state index in [4.69, 9.17) is 4.74 Å². The van der Waals surface area contributed by atoms with Gasteiger partial charge in [-0.2, -0.15) is 0 Å². The minimum atomic E-state index is -1.24. The highest BCUT2D eigenvalue weighted by Gasteiger charge is 2.47. The zero-order valence-corrected chi connectivity index (χ0v) is 19.6. The smallest absolute Gasteiger partial charge is 0.300 e. The van der Waals surface area contributed by atoms with Gasteiger partial charge in [-0.25, -0.2) is 8.78 Å². The van der Waals surface area contributed by atoms with E-state index in [1.54, 1.807) is 31.2 Å². The molecule has 3 aromatic rings. The molecule has 1 aliphatic rings. The van der Waals surface area contributed by atoms with Crippen molar-refractivity contribution >= 4 is 23.1 Å². The molecule has 0 spiro atoms. The number of aliphatic hydroxyl groups is 1. The second-order valence-electron chi connectivity index (χ2n) is 8.85. The third kappa shape index (κ3) is 4.67. The molecule has 0 radical (unpaired) electrons.